The molecule has 0 N–H and O–H groups in total. The van der Waals surface area contributed by atoms with E-state index in [0.29, 0.717) is 5.25 Å². The highest BCUT2D eigenvalue weighted by Crippen LogP contribution is 2.45. The van der Waals surface area contributed by atoms with Gasteiger partial charge in [-0.05, 0) is 17.7 Å². The first-order chi connectivity index (χ1) is 6.86. The van der Waals surface area contributed by atoms with Crippen LogP contribution in [0.5, 0.6) is 0 Å². The molecule has 1 nitrogen and oxygen atoms in total. The summed E-state index contributed by atoms with van der Waals surface area (Å²) < 4.78 is 0. The molecule has 68 valence electrons. The molecule has 0 amide bonds. The first-order valence-corrected chi connectivity index (χ1v) is 5.43. The minimum atomic E-state index is 0.146. The molecule has 0 saturated carbocycles. The summed E-state index contributed by atoms with van der Waals surface area (Å²) in [5, 5.41) is 0.352. The van der Waals surface area contributed by atoms with Crippen molar-refractivity contribution < 1.29 is 4.79 Å². The third-order valence-corrected chi connectivity index (χ3v) is 3.77. The lowest BCUT2D eigenvalue weighted by Gasteiger charge is -2.07. The van der Waals surface area contributed by atoms with Gasteiger partial charge in [-0.25, -0.2) is 0 Å². The van der Waals surface area contributed by atoms with E-state index in [9.17, 15) is 4.79 Å². The Balaban J connectivity index is 2.20. The molecule has 14 heavy (non-hydrogen) atoms. The molecule has 1 atom stereocenters. The number of thioether (sulfide) groups is 1. The molecule has 0 radical (unpaired) electrons. The van der Waals surface area contributed by atoms with Crippen LogP contribution >= 0.6 is 11.8 Å². The molecular weight excluding hydrogens is 192 g/mol. The number of hydrogen-bond acceptors (Lipinski definition) is 2. The molecule has 1 aliphatic heterocycles. The first kappa shape index (κ1) is 8.06. The molecule has 2 heteroatoms. The summed E-state index contributed by atoms with van der Waals surface area (Å²) in [5.41, 5.74) is 2.07. The standard InChI is InChI=1S/C12H8OS/c13-9-5-3-7-11-12(9)8-4-1-2-6-10(8)14-11/h1-7,10H. The van der Waals surface area contributed by atoms with Crippen LogP contribution in [0.3, 0.4) is 0 Å². The van der Waals surface area contributed by atoms with E-state index in [1.807, 2.05) is 30.4 Å². The molecule has 3 aliphatic rings. The first-order valence-electron chi connectivity index (χ1n) is 4.55. The van der Waals surface area contributed by atoms with Crippen LogP contribution in [0, 0.1) is 0 Å². The highest BCUT2D eigenvalue weighted by molar-refractivity contribution is 8.04. The van der Waals surface area contributed by atoms with Gasteiger partial charge in [0.15, 0.2) is 5.78 Å². The monoisotopic (exact) mass is 200 g/mol. The predicted octanol–water partition coefficient (Wildman–Crippen LogP) is 2.55. The number of rotatable bonds is 0. The van der Waals surface area contributed by atoms with E-state index in [4.69, 9.17) is 0 Å². The topological polar surface area (TPSA) is 17.1 Å². The van der Waals surface area contributed by atoms with E-state index in [2.05, 4.69) is 6.08 Å². The Kier molecular flexibility index (Phi) is 1.64. The summed E-state index contributed by atoms with van der Waals surface area (Å²) in [4.78, 5) is 12.8. The normalized spacial score (nSPS) is 27.9. The minimum Gasteiger partial charge on any atom is -0.289 e. The van der Waals surface area contributed by atoms with Crippen LogP contribution in [0.2, 0.25) is 0 Å². The number of allylic oxidation sites excluding steroid dienone is 7. The van der Waals surface area contributed by atoms with Crippen LogP contribution in [0.4, 0.5) is 0 Å². The van der Waals surface area contributed by atoms with Crippen molar-refractivity contribution in [2.75, 3.05) is 0 Å². The lowest BCUT2D eigenvalue weighted by atomic mass is 9.95. The zero-order valence-electron chi connectivity index (χ0n) is 7.44. The maximum absolute atomic E-state index is 11.7. The predicted molar refractivity (Wildman–Crippen MR) is 58.9 cm³/mol. The van der Waals surface area contributed by atoms with Crippen molar-refractivity contribution in [3.63, 3.8) is 0 Å². The fourth-order valence-electron chi connectivity index (χ4n) is 1.88. The van der Waals surface area contributed by atoms with E-state index < -0.39 is 0 Å². The fraction of sp³-hybridized carbons (Fsp3) is 0.0833. The summed E-state index contributed by atoms with van der Waals surface area (Å²) >= 11 is 1.76. The number of fused-ring (bicyclic) bond motifs is 2. The number of ketones is 1. The summed E-state index contributed by atoms with van der Waals surface area (Å²) in [6, 6.07) is 0. The van der Waals surface area contributed by atoms with Crippen molar-refractivity contribution in [2.45, 2.75) is 5.25 Å². The van der Waals surface area contributed by atoms with Crippen molar-refractivity contribution in [3.05, 3.63) is 58.6 Å². The van der Waals surface area contributed by atoms with Gasteiger partial charge >= 0.3 is 0 Å². The molecule has 3 rings (SSSR count). The van der Waals surface area contributed by atoms with Gasteiger partial charge in [0, 0.05) is 10.5 Å². The van der Waals surface area contributed by atoms with Gasteiger partial charge in [-0.1, -0.05) is 30.4 Å². The zero-order valence-corrected chi connectivity index (χ0v) is 8.25. The molecule has 0 bridgehead atoms. The van der Waals surface area contributed by atoms with Crippen LogP contribution < -0.4 is 0 Å². The van der Waals surface area contributed by atoms with Gasteiger partial charge in [-0.15, -0.1) is 11.8 Å². The average molecular weight is 200 g/mol. The zero-order chi connectivity index (χ0) is 9.54. The third-order valence-electron chi connectivity index (χ3n) is 2.51. The van der Waals surface area contributed by atoms with Gasteiger partial charge in [-0.2, -0.15) is 0 Å². The van der Waals surface area contributed by atoms with E-state index in [1.54, 1.807) is 17.8 Å². The minimum absolute atomic E-state index is 0.146. The van der Waals surface area contributed by atoms with Gasteiger partial charge in [-0.3, -0.25) is 4.79 Å². The molecular formula is C12H8OS. The van der Waals surface area contributed by atoms with E-state index in [-0.39, 0.29) is 5.78 Å². The average Bonchev–Trinajstić information content (AvgIpc) is 2.57. The Hall–Kier alpha value is -1.28. The Morgan fingerprint density at radius 3 is 3.00 bits per heavy atom. The Morgan fingerprint density at radius 1 is 1.14 bits per heavy atom. The maximum atomic E-state index is 11.7. The summed E-state index contributed by atoms with van der Waals surface area (Å²) in [6.45, 7) is 0. The SMILES string of the molecule is O=C1C=CC=C2SC3C=CC=CC3=C12. The smallest absolute Gasteiger partial charge is 0.187 e. The van der Waals surface area contributed by atoms with Crippen molar-refractivity contribution in [3.8, 4) is 0 Å². The number of hydrogen-bond donors (Lipinski definition) is 0. The summed E-state index contributed by atoms with van der Waals surface area (Å²) in [5.74, 6) is 0.146. The van der Waals surface area contributed by atoms with Crippen LogP contribution in [-0.2, 0) is 4.79 Å². The molecule has 0 aromatic rings. The molecule has 0 saturated heterocycles. The van der Waals surface area contributed by atoms with Crippen LogP contribution in [0.1, 0.15) is 0 Å². The maximum Gasteiger partial charge on any atom is 0.187 e. The van der Waals surface area contributed by atoms with Gasteiger partial charge in [0.25, 0.3) is 0 Å². The van der Waals surface area contributed by atoms with E-state index in [0.717, 1.165) is 16.1 Å². The molecule has 1 unspecified atom stereocenters. The highest BCUT2D eigenvalue weighted by atomic mass is 32.2. The van der Waals surface area contributed by atoms with Gasteiger partial charge < -0.3 is 0 Å². The van der Waals surface area contributed by atoms with Gasteiger partial charge in [0.05, 0.1) is 5.25 Å². The van der Waals surface area contributed by atoms with Crippen molar-refractivity contribution in [1.29, 1.82) is 0 Å². The number of carbonyl (C=O) groups excluding carboxylic acids is 1. The molecule has 0 aromatic carbocycles. The molecule has 0 spiro atoms. The summed E-state index contributed by atoms with van der Waals surface area (Å²) in [6.07, 6.45) is 13.7. The Labute approximate surface area is 86.6 Å². The molecule has 2 aliphatic carbocycles. The Bertz CT molecular complexity index is 461. The largest absolute Gasteiger partial charge is 0.289 e. The van der Waals surface area contributed by atoms with E-state index in [1.165, 1.54) is 0 Å². The van der Waals surface area contributed by atoms with Gasteiger partial charge in [0.2, 0.25) is 0 Å². The van der Waals surface area contributed by atoms with Gasteiger partial charge in [0.1, 0.15) is 0 Å². The van der Waals surface area contributed by atoms with Crippen LogP contribution in [0.25, 0.3) is 0 Å². The quantitative estimate of drug-likeness (QED) is 0.597. The second-order valence-corrected chi connectivity index (χ2v) is 4.55. The van der Waals surface area contributed by atoms with E-state index >= 15 is 0 Å². The van der Waals surface area contributed by atoms with Crippen molar-refractivity contribution >= 4 is 17.5 Å². The lowest BCUT2D eigenvalue weighted by molar-refractivity contribution is -0.111. The highest BCUT2D eigenvalue weighted by Gasteiger charge is 2.31. The van der Waals surface area contributed by atoms with Crippen LogP contribution in [0.15, 0.2) is 58.6 Å². The van der Waals surface area contributed by atoms with Crippen molar-refractivity contribution in [2.24, 2.45) is 0 Å². The molecule has 0 aromatic heterocycles. The second kappa shape index (κ2) is 2.85. The van der Waals surface area contributed by atoms with Crippen molar-refractivity contribution in [1.82, 2.24) is 0 Å². The fourth-order valence-corrected chi connectivity index (χ4v) is 3.14. The lowest BCUT2D eigenvalue weighted by Crippen LogP contribution is -2.05. The molecule has 1 heterocycles. The number of carbonyl (C=O) groups is 1. The second-order valence-electron chi connectivity index (χ2n) is 3.37. The third kappa shape index (κ3) is 1.01. The summed E-state index contributed by atoms with van der Waals surface area (Å²) in [7, 11) is 0. The molecule has 0 fully saturated rings. The van der Waals surface area contributed by atoms with Crippen LogP contribution in [-0.4, -0.2) is 11.0 Å². The Morgan fingerprint density at radius 2 is 2.07 bits per heavy atom.